The summed E-state index contributed by atoms with van der Waals surface area (Å²) in [4.78, 5) is 12.0. The van der Waals surface area contributed by atoms with Gasteiger partial charge in [-0.15, -0.1) is 0 Å². The van der Waals surface area contributed by atoms with Gasteiger partial charge in [0.25, 0.3) is 0 Å². The van der Waals surface area contributed by atoms with Crippen LogP contribution in [0, 0.1) is 17.2 Å². The second-order valence-electron chi connectivity index (χ2n) is 6.34. The first-order valence-corrected chi connectivity index (χ1v) is 8.06. The van der Waals surface area contributed by atoms with Gasteiger partial charge in [-0.25, -0.2) is 0 Å². The third kappa shape index (κ3) is 3.44. The maximum atomic E-state index is 12.0. The Balaban J connectivity index is 1.49. The fourth-order valence-electron chi connectivity index (χ4n) is 3.27. The molecule has 1 aromatic heterocycles. The Bertz CT molecular complexity index is 547. The smallest absolute Gasteiger partial charge is 0.225 e. The highest BCUT2D eigenvalue weighted by atomic mass is 16.1. The number of aromatic nitrogens is 2. The Morgan fingerprint density at radius 1 is 1.33 bits per heavy atom. The zero-order chi connectivity index (χ0) is 14.7. The summed E-state index contributed by atoms with van der Waals surface area (Å²) in [6, 6.07) is 2.16. The Labute approximate surface area is 125 Å². The Morgan fingerprint density at radius 2 is 2.10 bits per heavy atom. The van der Waals surface area contributed by atoms with Crippen molar-refractivity contribution in [1.82, 2.24) is 10.2 Å². The maximum absolute atomic E-state index is 12.0. The molecule has 1 aromatic rings. The number of H-pyrrole nitrogens is 1. The minimum atomic E-state index is -0.0293. The Hall–Kier alpha value is -1.83. The highest BCUT2D eigenvalue weighted by molar-refractivity contribution is 5.91. The molecule has 0 saturated heterocycles. The second-order valence-corrected chi connectivity index (χ2v) is 6.34. The summed E-state index contributed by atoms with van der Waals surface area (Å²) in [6.07, 6.45) is 10.1. The molecule has 0 aliphatic heterocycles. The number of amides is 1. The van der Waals surface area contributed by atoms with Gasteiger partial charge < -0.3 is 5.32 Å². The first kappa shape index (κ1) is 14.1. The molecule has 2 N–H and O–H groups in total. The second kappa shape index (κ2) is 6.30. The monoisotopic (exact) mass is 286 g/mol. The Morgan fingerprint density at radius 3 is 2.76 bits per heavy atom. The third-order valence-electron chi connectivity index (χ3n) is 4.64. The number of carbonyl (C=O) groups excluding carboxylic acids is 1. The van der Waals surface area contributed by atoms with Crippen molar-refractivity contribution in [3.63, 3.8) is 0 Å². The van der Waals surface area contributed by atoms with E-state index in [1.54, 1.807) is 0 Å². The largest absolute Gasteiger partial charge is 0.308 e. The SMILES string of the molecule is N#Cc1c(NC(=O)CCCC2CCCC2)n[nH]c1C1CC1. The van der Waals surface area contributed by atoms with E-state index in [1.165, 1.54) is 25.7 Å². The van der Waals surface area contributed by atoms with Crippen molar-refractivity contribution in [1.29, 1.82) is 5.26 Å². The molecule has 112 valence electrons. The maximum Gasteiger partial charge on any atom is 0.225 e. The zero-order valence-electron chi connectivity index (χ0n) is 12.3. The summed E-state index contributed by atoms with van der Waals surface area (Å²) in [5.74, 6) is 1.63. The molecule has 21 heavy (non-hydrogen) atoms. The fraction of sp³-hybridized carbons (Fsp3) is 0.688. The van der Waals surface area contributed by atoms with Crippen LogP contribution in [0.1, 0.15) is 75.0 Å². The van der Waals surface area contributed by atoms with Crippen LogP contribution in [-0.2, 0) is 4.79 Å². The lowest BCUT2D eigenvalue weighted by atomic mass is 10.0. The summed E-state index contributed by atoms with van der Waals surface area (Å²) in [5.41, 5.74) is 1.40. The summed E-state index contributed by atoms with van der Waals surface area (Å²) in [7, 11) is 0. The molecular formula is C16H22N4O. The fourth-order valence-corrected chi connectivity index (χ4v) is 3.27. The molecule has 0 bridgehead atoms. The lowest BCUT2D eigenvalue weighted by Crippen LogP contribution is -2.13. The molecule has 5 heteroatoms. The number of anilines is 1. The molecule has 2 aliphatic carbocycles. The van der Waals surface area contributed by atoms with Crippen LogP contribution < -0.4 is 5.32 Å². The number of hydrogen-bond donors (Lipinski definition) is 2. The van der Waals surface area contributed by atoms with Gasteiger partial charge >= 0.3 is 0 Å². The molecule has 2 saturated carbocycles. The van der Waals surface area contributed by atoms with Crippen LogP contribution in [0.15, 0.2) is 0 Å². The summed E-state index contributed by atoms with van der Waals surface area (Å²) in [5, 5.41) is 19.0. The zero-order valence-corrected chi connectivity index (χ0v) is 12.3. The summed E-state index contributed by atoms with van der Waals surface area (Å²) < 4.78 is 0. The molecular weight excluding hydrogens is 264 g/mol. The lowest BCUT2D eigenvalue weighted by Gasteiger charge is -2.08. The van der Waals surface area contributed by atoms with Crippen LogP contribution in [0.5, 0.6) is 0 Å². The minimum absolute atomic E-state index is 0.0293. The first-order valence-electron chi connectivity index (χ1n) is 8.06. The van der Waals surface area contributed by atoms with Gasteiger partial charge in [-0.1, -0.05) is 25.7 Å². The number of aromatic amines is 1. The van der Waals surface area contributed by atoms with Crippen LogP contribution in [0.2, 0.25) is 0 Å². The molecule has 2 fully saturated rings. The van der Waals surface area contributed by atoms with E-state index in [9.17, 15) is 10.1 Å². The van der Waals surface area contributed by atoms with E-state index in [0.29, 0.717) is 23.7 Å². The van der Waals surface area contributed by atoms with Gasteiger partial charge in [0.1, 0.15) is 11.6 Å². The molecule has 1 amide bonds. The summed E-state index contributed by atoms with van der Waals surface area (Å²) >= 11 is 0. The van der Waals surface area contributed by atoms with Crippen molar-refractivity contribution < 1.29 is 4.79 Å². The molecule has 2 aliphatic rings. The summed E-state index contributed by atoms with van der Waals surface area (Å²) in [6.45, 7) is 0. The van der Waals surface area contributed by atoms with Crippen molar-refractivity contribution in [2.75, 3.05) is 5.32 Å². The van der Waals surface area contributed by atoms with Crippen molar-refractivity contribution in [3.05, 3.63) is 11.3 Å². The quantitative estimate of drug-likeness (QED) is 0.840. The number of nitrogens with zero attached hydrogens (tertiary/aromatic N) is 2. The number of nitrogens with one attached hydrogen (secondary N) is 2. The van der Waals surface area contributed by atoms with Crippen molar-refractivity contribution in [3.8, 4) is 6.07 Å². The normalized spacial score (nSPS) is 18.6. The predicted molar refractivity (Wildman–Crippen MR) is 79.7 cm³/mol. The molecule has 0 unspecified atom stereocenters. The number of hydrogen-bond acceptors (Lipinski definition) is 3. The average molecular weight is 286 g/mol. The van der Waals surface area contributed by atoms with Gasteiger partial charge in [-0.2, -0.15) is 10.4 Å². The van der Waals surface area contributed by atoms with Gasteiger partial charge in [0, 0.05) is 12.3 Å². The average Bonchev–Trinajstić information content (AvgIpc) is 3.04. The third-order valence-corrected chi connectivity index (χ3v) is 4.64. The molecule has 1 heterocycles. The Kier molecular flexibility index (Phi) is 4.23. The van der Waals surface area contributed by atoms with Crippen LogP contribution in [0.25, 0.3) is 0 Å². The molecule has 5 nitrogen and oxygen atoms in total. The van der Waals surface area contributed by atoms with Crippen LogP contribution >= 0.6 is 0 Å². The van der Waals surface area contributed by atoms with Crippen molar-refractivity contribution in [2.24, 2.45) is 5.92 Å². The molecule has 0 aromatic carbocycles. The molecule has 3 rings (SSSR count). The lowest BCUT2D eigenvalue weighted by molar-refractivity contribution is -0.116. The van der Waals surface area contributed by atoms with E-state index < -0.39 is 0 Å². The van der Waals surface area contributed by atoms with Gasteiger partial charge in [0.2, 0.25) is 5.91 Å². The number of rotatable bonds is 6. The molecule has 0 radical (unpaired) electrons. The van der Waals surface area contributed by atoms with Crippen molar-refractivity contribution >= 4 is 11.7 Å². The van der Waals surface area contributed by atoms with E-state index in [4.69, 9.17) is 0 Å². The van der Waals surface area contributed by atoms with Crippen molar-refractivity contribution in [2.45, 2.75) is 63.7 Å². The highest BCUT2D eigenvalue weighted by Gasteiger charge is 2.30. The molecule has 0 atom stereocenters. The van der Waals surface area contributed by atoms with Crippen LogP contribution in [0.3, 0.4) is 0 Å². The van der Waals surface area contributed by atoms with Crippen LogP contribution in [0.4, 0.5) is 5.82 Å². The van der Waals surface area contributed by atoms with E-state index >= 15 is 0 Å². The van der Waals surface area contributed by atoms with E-state index in [-0.39, 0.29) is 5.91 Å². The van der Waals surface area contributed by atoms with Gasteiger partial charge in [-0.3, -0.25) is 9.89 Å². The number of nitriles is 1. The van der Waals surface area contributed by atoms with Gasteiger partial charge in [0.15, 0.2) is 5.82 Å². The molecule has 0 spiro atoms. The standard InChI is InChI=1S/C16H22N4O/c17-10-13-15(12-8-9-12)19-20-16(13)18-14(21)7-3-6-11-4-1-2-5-11/h11-12H,1-9H2,(H2,18,19,20,21). The van der Waals surface area contributed by atoms with Gasteiger partial charge in [0.05, 0.1) is 5.69 Å². The number of carbonyl (C=O) groups is 1. The van der Waals surface area contributed by atoms with E-state index in [1.807, 2.05) is 0 Å². The minimum Gasteiger partial charge on any atom is -0.308 e. The van der Waals surface area contributed by atoms with E-state index in [2.05, 4.69) is 21.6 Å². The highest BCUT2D eigenvalue weighted by Crippen LogP contribution is 2.41. The predicted octanol–water partition coefficient (Wildman–Crippen LogP) is 3.46. The van der Waals surface area contributed by atoms with E-state index in [0.717, 1.165) is 37.3 Å². The van der Waals surface area contributed by atoms with Gasteiger partial charge in [-0.05, 0) is 31.6 Å². The van der Waals surface area contributed by atoms with Crippen LogP contribution in [-0.4, -0.2) is 16.1 Å². The topological polar surface area (TPSA) is 81.6 Å². The first-order chi connectivity index (χ1) is 10.3.